The second-order valence-corrected chi connectivity index (χ2v) is 9.11. The van der Waals surface area contributed by atoms with Crippen LogP contribution in [0.4, 0.5) is 0 Å². The van der Waals surface area contributed by atoms with Crippen LogP contribution in [0.25, 0.3) is 0 Å². The molecule has 1 saturated heterocycles. The highest BCUT2D eigenvalue weighted by Crippen LogP contribution is 2.25. The summed E-state index contributed by atoms with van der Waals surface area (Å²) >= 11 is 2.25. The van der Waals surface area contributed by atoms with Crippen molar-refractivity contribution in [3.05, 3.63) is 65.7 Å². The molecular weight excluding hydrogens is 449 g/mol. The average molecular weight is 471 g/mol. The molecule has 2 aromatic carbocycles. The van der Waals surface area contributed by atoms with Gasteiger partial charge in [0.25, 0.3) is 0 Å². The third-order valence-corrected chi connectivity index (χ3v) is 7.34. The highest BCUT2D eigenvalue weighted by molar-refractivity contribution is 14.1. The van der Waals surface area contributed by atoms with Gasteiger partial charge in [-0.1, -0.05) is 70.6 Å². The van der Waals surface area contributed by atoms with E-state index in [0.717, 1.165) is 15.6 Å². The second-order valence-electron chi connectivity index (χ2n) is 6.34. The molecule has 0 bridgehead atoms. The number of hydrogen-bond donors (Lipinski definition) is 0. The summed E-state index contributed by atoms with van der Waals surface area (Å²) < 4.78 is 34.7. The summed E-state index contributed by atoms with van der Waals surface area (Å²) in [6.45, 7) is 2.78. The number of alkyl halides is 1. The Hall–Kier alpha value is -0.960. The fourth-order valence-electron chi connectivity index (χ4n) is 3.01. The van der Waals surface area contributed by atoms with Gasteiger partial charge < -0.3 is 4.74 Å². The number of benzene rings is 2. The number of hydrogen-bond acceptors (Lipinski definition) is 3. The lowest BCUT2D eigenvalue weighted by Crippen LogP contribution is -2.53. The zero-order valence-corrected chi connectivity index (χ0v) is 17.1. The maximum atomic E-state index is 13.2. The van der Waals surface area contributed by atoms with E-state index in [1.807, 2.05) is 49.4 Å². The molecule has 1 fully saturated rings. The Bertz CT molecular complexity index is 793. The topological polar surface area (TPSA) is 46.6 Å². The Morgan fingerprint density at radius 1 is 1.12 bits per heavy atom. The number of nitrogens with zero attached hydrogens (tertiary/aromatic N) is 1. The van der Waals surface area contributed by atoms with Gasteiger partial charge in [-0.3, -0.25) is 0 Å². The van der Waals surface area contributed by atoms with Crippen molar-refractivity contribution >= 4 is 32.6 Å². The maximum Gasteiger partial charge on any atom is 0.243 e. The summed E-state index contributed by atoms with van der Waals surface area (Å²) in [6.07, 6.45) is 0.590. The Kier molecular flexibility index (Phi) is 6.14. The van der Waals surface area contributed by atoms with Crippen molar-refractivity contribution in [2.75, 3.05) is 17.6 Å². The summed E-state index contributed by atoms with van der Waals surface area (Å²) in [5.41, 5.74) is 2.17. The molecule has 0 spiro atoms. The van der Waals surface area contributed by atoms with E-state index in [-0.39, 0.29) is 12.1 Å². The molecule has 0 aromatic heterocycles. The van der Waals surface area contributed by atoms with Crippen LogP contribution in [0.5, 0.6) is 0 Å². The normalized spacial score (nSPS) is 22.0. The van der Waals surface area contributed by atoms with Gasteiger partial charge >= 0.3 is 0 Å². The molecule has 134 valence electrons. The van der Waals surface area contributed by atoms with Gasteiger partial charge in [0.15, 0.2) is 0 Å². The predicted octanol–water partition coefficient (Wildman–Crippen LogP) is 3.43. The molecule has 2 atom stereocenters. The van der Waals surface area contributed by atoms with Gasteiger partial charge in [-0.15, -0.1) is 0 Å². The molecule has 0 saturated carbocycles. The number of halogens is 1. The van der Waals surface area contributed by atoms with E-state index in [0.29, 0.717) is 24.5 Å². The number of morpholine rings is 1. The van der Waals surface area contributed by atoms with E-state index < -0.39 is 10.0 Å². The molecule has 0 unspecified atom stereocenters. The van der Waals surface area contributed by atoms with Gasteiger partial charge in [-0.05, 0) is 31.0 Å². The highest BCUT2D eigenvalue weighted by Gasteiger charge is 2.37. The molecule has 3 rings (SSSR count). The van der Waals surface area contributed by atoms with Crippen molar-refractivity contribution in [3.8, 4) is 0 Å². The van der Waals surface area contributed by atoms with Gasteiger partial charge in [0, 0.05) is 11.0 Å². The lowest BCUT2D eigenvalue weighted by molar-refractivity contribution is -0.0181. The Morgan fingerprint density at radius 2 is 1.80 bits per heavy atom. The molecule has 1 heterocycles. The van der Waals surface area contributed by atoms with Crippen LogP contribution in [-0.2, 0) is 21.2 Å². The molecule has 6 heteroatoms. The van der Waals surface area contributed by atoms with Crippen LogP contribution in [-0.4, -0.2) is 42.4 Å². The van der Waals surface area contributed by atoms with E-state index in [9.17, 15) is 8.42 Å². The highest BCUT2D eigenvalue weighted by atomic mass is 127. The minimum Gasteiger partial charge on any atom is -0.374 e. The average Bonchev–Trinajstić information content (AvgIpc) is 2.63. The number of ether oxygens (including phenoxy) is 1. The van der Waals surface area contributed by atoms with E-state index in [4.69, 9.17) is 4.74 Å². The predicted molar refractivity (Wildman–Crippen MR) is 108 cm³/mol. The van der Waals surface area contributed by atoms with E-state index in [1.165, 1.54) is 0 Å². The smallest absolute Gasteiger partial charge is 0.243 e. The molecule has 0 radical (unpaired) electrons. The van der Waals surface area contributed by atoms with Crippen LogP contribution in [0, 0.1) is 6.92 Å². The summed E-state index contributed by atoms with van der Waals surface area (Å²) in [5, 5.41) is 0. The quantitative estimate of drug-likeness (QED) is 0.496. The summed E-state index contributed by atoms with van der Waals surface area (Å²) in [7, 11) is -3.54. The van der Waals surface area contributed by atoms with Crippen molar-refractivity contribution < 1.29 is 13.2 Å². The molecule has 0 N–H and O–H groups in total. The molecule has 4 nitrogen and oxygen atoms in total. The zero-order chi connectivity index (χ0) is 17.9. The number of rotatable bonds is 5. The Labute approximate surface area is 163 Å². The minimum absolute atomic E-state index is 0.0622. The molecule has 0 aliphatic carbocycles. The molecule has 2 aromatic rings. The molecular formula is C19H22INO3S. The van der Waals surface area contributed by atoms with Gasteiger partial charge in [0.05, 0.1) is 23.6 Å². The van der Waals surface area contributed by atoms with Crippen molar-refractivity contribution in [1.82, 2.24) is 4.31 Å². The molecule has 0 amide bonds. The Balaban J connectivity index is 1.90. The van der Waals surface area contributed by atoms with Crippen molar-refractivity contribution in [1.29, 1.82) is 0 Å². The third kappa shape index (κ3) is 4.42. The summed E-state index contributed by atoms with van der Waals surface area (Å²) in [4.78, 5) is 0.352. The second kappa shape index (κ2) is 8.16. The SMILES string of the molecule is Cc1ccc(S(=O)(=O)N2C[C@@H](CI)OC[C@@H]2Cc2ccccc2)cc1. The van der Waals surface area contributed by atoms with Crippen molar-refractivity contribution in [2.24, 2.45) is 0 Å². The van der Waals surface area contributed by atoms with Crippen LogP contribution >= 0.6 is 22.6 Å². The van der Waals surface area contributed by atoms with E-state index in [2.05, 4.69) is 22.6 Å². The first-order valence-corrected chi connectivity index (χ1v) is 11.3. The van der Waals surface area contributed by atoms with Gasteiger partial charge in [0.2, 0.25) is 10.0 Å². The maximum absolute atomic E-state index is 13.2. The molecule has 1 aliphatic heterocycles. The fourth-order valence-corrected chi connectivity index (χ4v) is 5.19. The lowest BCUT2D eigenvalue weighted by atomic mass is 10.1. The lowest BCUT2D eigenvalue weighted by Gasteiger charge is -2.38. The van der Waals surface area contributed by atoms with Crippen LogP contribution in [0.1, 0.15) is 11.1 Å². The summed E-state index contributed by atoms with van der Waals surface area (Å²) in [6, 6.07) is 16.9. The van der Waals surface area contributed by atoms with Gasteiger partial charge in [0.1, 0.15) is 0 Å². The minimum atomic E-state index is -3.54. The largest absolute Gasteiger partial charge is 0.374 e. The number of sulfonamides is 1. The standard InChI is InChI=1S/C19H22INO3S/c1-15-7-9-19(10-8-15)25(22,23)21-13-18(12-20)24-14-17(21)11-16-5-3-2-4-6-16/h2-10,17-18H,11-14H2,1H3/t17-,18+/m0/s1. The fraction of sp³-hybridized carbons (Fsp3) is 0.368. The first-order valence-electron chi connectivity index (χ1n) is 8.30. The third-order valence-electron chi connectivity index (χ3n) is 4.43. The van der Waals surface area contributed by atoms with E-state index >= 15 is 0 Å². The van der Waals surface area contributed by atoms with Crippen LogP contribution < -0.4 is 0 Å². The van der Waals surface area contributed by atoms with Crippen LogP contribution in [0.15, 0.2) is 59.5 Å². The Morgan fingerprint density at radius 3 is 2.44 bits per heavy atom. The van der Waals surface area contributed by atoms with E-state index in [1.54, 1.807) is 16.4 Å². The monoisotopic (exact) mass is 471 g/mol. The van der Waals surface area contributed by atoms with Crippen LogP contribution in [0.3, 0.4) is 0 Å². The molecule has 25 heavy (non-hydrogen) atoms. The number of aryl methyl sites for hydroxylation is 1. The van der Waals surface area contributed by atoms with Crippen molar-refractivity contribution in [3.63, 3.8) is 0 Å². The van der Waals surface area contributed by atoms with Gasteiger partial charge in [-0.25, -0.2) is 8.42 Å². The summed E-state index contributed by atoms with van der Waals surface area (Å²) in [5.74, 6) is 0. The zero-order valence-electron chi connectivity index (χ0n) is 14.1. The van der Waals surface area contributed by atoms with Crippen LogP contribution in [0.2, 0.25) is 0 Å². The van der Waals surface area contributed by atoms with Crippen molar-refractivity contribution in [2.45, 2.75) is 30.4 Å². The van der Waals surface area contributed by atoms with Gasteiger partial charge in [-0.2, -0.15) is 4.31 Å². The first-order chi connectivity index (χ1) is 12.0. The first kappa shape index (κ1) is 18.8. The molecule has 1 aliphatic rings.